The number of nitrogens with one attached hydrogen (secondary N) is 1. The second-order valence-corrected chi connectivity index (χ2v) is 7.42. The van der Waals surface area contributed by atoms with Crippen LogP contribution in [0.15, 0.2) is 35.4 Å². The van der Waals surface area contributed by atoms with Crippen LogP contribution in [0.5, 0.6) is 0 Å². The average molecular weight is 371 g/mol. The SMILES string of the molecule is CCOC(=O)c1ccc(NC(=O)[C@@H]2[C@@H](C(=O)O)[C@@H]3CC[C@H]2C3=C(C)C)cc1. The van der Waals surface area contributed by atoms with E-state index in [1.165, 1.54) is 0 Å². The molecule has 6 nitrogen and oxygen atoms in total. The molecule has 27 heavy (non-hydrogen) atoms. The fourth-order valence-corrected chi connectivity index (χ4v) is 4.73. The zero-order valence-electron chi connectivity index (χ0n) is 15.8. The molecule has 1 aromatic carbocycles. The molecule has 4 atom stereocenters. The molecule has 3 rings (SSSR count). The Morgan fingerprint density at radius 1 is 1.07 bits per heavy atom. The Kier molecular flexibility index (Phi) is 5.35. The van der Waals surface area contributed by atoms with Crippen molar-refractivity contribution in [2.24, 2.45) is 23.7 Å². The van der Waals surface area contributed by atoms with Crippen molar-refractivity contribution < 1.29 is 24.2 Å². The first-order chi connectivity index (χ1) is 12.8. The number of benzene rings is 1. The van der Waals surface area contributed by atoms with Crippen molar-refractivity contribution in [3.05, 3.63) is 41.0 Å². The van der Waals surface area contributed by atoms with Crippen LogP contribution >= 0.6 is 0 Å². The lowest BCUT2D eigenvalue weighted by Crippen LogP contribution is -2.37. The average Bonchev–Trinajstić information content (AvgIpc) is 3.18. The first-order valence-corrected chi connectivity index (χ1v) is 9.33. The quantitative estimate of drug-likeness (QED) is 0.610. The van der Waals surface area contributed by atoms with Gasteiger partial charge in [0.1, 0.15) is 0 Å². The number of amides is 1. The van der Waals surface area contributed by atoms with Gasteiger partial charge in [0, 0.05) is 5.69 Å². The van der Waals surface area contributed by atoms with Crippen molar-refractivity contribution >= 4 is 23.5 Å². The summed E-state index contributed by atoms with van der Waals surface area (Å²) in [7, 11) is 0. The number of allylic oxidation sites excluding steroid dienone is 2. The molecule has 0 aliphatic heterocycles. The Balaban J connectivity index is 1.78. The number of esters is 1. The van der Waals surface area contributed by atoms with Crippen molar-refractivity contribution in [1.29, 1.82) is 0 Å². The Labute approximate surface area is 158 Å². The third kappa shape index (κ3) is 3.48. The van der Waals surface area contributed by atoms with Crippen molar-refractivity contribution in [2.45, 2.75) is 33.6 Å². The zero-order chi connectivity index (χ0) is 19.7. The molecular weight excluding hydrogens is 346 g/mol. The van der Waals surface area contributed by atoms with Gasteiger partial charge < -0.3 is 15.2 Å². The number of carboxylic acids is 1. The van der Waals surface area contributed by atoms with E-state index in [2.05, 4.69) is 5.32 Å². The Morgan fingerprint density at radius 2 is 1.67 bits per heavy atom. The molecule has 6 heteroatoms. The van der Waals surface area contributed by atoms with Gasteiger partial charge in [-0.25, -0.2) is 4.79 Å². The monoisotopic (exact) mass is 371 g/mol. The van der Waals surface area contributed by atoms with E-state index in [0.29, 0.717) is 17.9 Å². The van der Waals surface area contributed by atoms with E-state index in [0.717, 1.165) is 24.0 Å². The van der Waals surface area contributed by atoms with Crippen LogP contribution in [0.3, 0.4) is 0 Å². The number of carbonyl (C=O) groups excluding carboxylic acids is 2. The van der Waals surface area contributed by atoms with Crippen molar-refractivity contribution in [1.82, 2.24) is 0 Å². The minimum absolute atomic E-state index is 0.0000878. The van der Waals surface area contributed by atoms with E-state index in [1.54, 1.807) is 31.2 Å². The highest BCUT2D eigenvalue weighted by Crippen LogP contribution is 2.57. The Hall–Kier alpha value is -2.63. The molecule has 0 saturated heterocycles. The van der Waals surface area contributed by atoms with Gasteiger partial charge in [0.05, 0.1) is 24.0 Å². The maximum Gasteiger partial charge on any atom is 0.338 e. The van der Waals surface area contributed by atoms with Crippen molar-refractivity contribution in [3.8, 4) is 0 Å². The third-order valence-electron chi connectivity index (χ3n) is 5.67. The number of hydrogen-bond acceptors (Lipinski definition) is 4. The number of anilines is 1. The summed E-state index contributed by atoms with van der Waals surface area (Å²) in [5, 5.41) is 12.5. The van der Waals surface area contributed by atoms with Crippen LogP contribution in [-0.2, 0) is 14.3 Å². The second kappa shape index (κ2) is 7.55. The lowest BCUT2D eigenvalue weighted by Gasteiger charge is -2.26. The minimum atomic E-state index is -0.904. The highest BCUT2D eigenvalue weighted by molar-refractivity contribution is 5.97. The van der Waals surface area contributed by atoms with Gasteiger partial charge in [0.25, 0.3) is 0 Å². The Morgan fingerprint density at radius 3 is 2.19 bits per heavy atom. The fourth-order valence-electron chi connectivity index (χ4n) is 4.73. The van der Waals surface area contributed by atoms with E-state index < -0.39 is 23.8 Å². The summed E-state index contributed by atoms with van der Waals surface area (Å²) in [6.07, 6.45) is 1.69. The molecule has 0 heterocycles. The molecule has 0 aromatic heterocycles. The number of aliphatic carboxylic acids is 1. The highest BCUT2D eigenvalue weighted by atomic mass is 16.5. The third-order valence-corrected chi connectivity index (χ3v) is 5.67. The summed E-state index contributed by atoms with van der Waals surface area (Å²) >= 11 is 0. The molecule has 2 fully saturated rings. The second-order valence-electron chi connectivity index (χ2n) is 7.42. The lowest BCUT2D eigenvalue weighted by atomic mass is 9.78. The molecule has 0 radical (unpaired) electrons. The van der Waals surface area contributed by atoms with Gasteiger partial charge in [-0.3, -0.25) is 9.59 Å². The summed E-state index contributed by atoms with van der Waals surface area (Å²) in [5.41, 5.74) is 3.23. The van der Waals surface area contributed by atoms with Crippen LogP contribution in [0.2, 0.25) is 0 Å². The number of rotatable bonds is 5. The van der Waals surface area contributed by atoms with Crippen LogP contribution in [0, 0.1) is 23.7 Å². The summed E-state index contributed by atoms with van der Waals surface area (Å²) in [4.78, 5) is 36.5. The van der Waals surface area contributed by atoms with E-state index in [1.807, 2.05) is 13.8 Å². The molecule has 2 aliphatic carbocycles. The van der Waals surface area contributed by atoms with Gasteiger partial charge in [-0.1, -0.05) is 11.1 Å². The van der Waals surface area contributed by atoms with Crippen LogP contribution < -0.4 is 5.32 Å². The van der Waals surface area contributed by atoms with Crippen LogP contribution in [0.1, 0.15) is 44.0 Å². The maximum absolute atomic E-state index is 12.9. The number of hydrogen-bond donors (Lipinski definition) is 2. The number of fused-ring (bicyclic) bond motifs is 2. The smallest absolute Gasteiger partial charge is 0.338 e. The standard InChI is InChI=1S/C21H25NO5/c1-4-27-21(26)12-5-7-13(8-6-12)22-19(23)17-14-9-10-15(16(14)11(2)3)18(17)20(24)25/h5-8,14-15,17-18H,4,9-10H2,1-3H3,(H,22,23)(H,24,25)/t14-,15+,17-,18-/m0/s1. The predicted octanol–water partition coefficient (Wildman–Crippen LogP) is 3.50. The maximum atomic E-state index is 12.9. The summed E-state index contributed by atoms with van der Waals surface area (Å²) in [5.74, 6) is -2.86. The van der Waals surface area contributed by atoms with E-state index in [4.69, 9.17) is 4.74 Å². The molecule has 144 valence electrons. The molecule has 2 aliphatic rings. The summed E-state index contributed by atoms with van der Waals surface area (Å²) < 4.78 is 4.94. The lowest BCUT2D eigenvalue weighted by molar-refractivity contribution is -0.148. The van der Waals surface area contributed by atoms with Gasteiger partial charge in [0.2, 0.25) is 5.91 Å². The first-order valence-electron chi connectivity index (χ1n) is 9.33. The van der Waals surface area contributed by atoms with Crippen molar-refractivity contribution in [2.75, 3.05) is 11.9 Å². The largest absolute Gasteiger partial charge is 0.481 e. The molecule has 2 saturated carbocycles. The van der Waals surface area contributed by atoms with E-state index in [-0.39, 0.29) is 17.7 Å². The molecule has 0 unspecified atom stereocenters. The van der Waals surface area contributed by atoms with E-state index in [9.17, 15) is 19.5 Å². The first kappa shape index (κ1) is 19.1. The molecule has 2 N–H and O–H groups in total. The summed E-state index contributed by atoms with van der Waals surface area (Å²) in [6.45, 7) is 6.02. The van der Waals surface area contributed by atoms with Gasteiger partial charge >= 0.3 is 11.9 Å². The molecule has 1 aromatic rings. The number of ether oxygens (including phenoxy) is 1. The minimum Gasteiger partial charge on any atom is -0.481 e. The van der Waals surface area contributed by atoms with Gasteiger partial charge in [-0.2, -0.15) is 0 Å². The van der Waals surface area contributed by atoms with Gasteiger partial charge in [0.15, 0.2) is 0 Å². The van der Waals surface area contributed by atoms with Crippen LogP contribution in [-0.4, -0.2) is 29.6 Å². The Bertz CT molecular complexity index is 791. The topological polar surface area (TPSA) is 92.7 Å². The van der Waals surface area contributed by atoms with Gasteiger partial charge in [-0.05, 0) is 69.7 Å². The fraction of sp³-hybridized carbons (Fsp3) is 0.476. The van der Waals surface area contributed by atoms with Crippen molar-refractivity contribution in [3.63, 3.8) is 0 Å². The molecular formula is C21H25NO5. The van der Waals surface area contributed by atoms with E-state index >= 15 is 0 Å². The normalized spacial score (nSPS) is 26.0. The van der Waals surface area contributed by atoms with Crippen LogP contribution in [0.4, 0.5) is 5.69 Å². The number of carboxylic acid groups (broad SMARTS) is 1. The molecule has 2 bridgehead atoms. The summed E-state index contributed by atoms with van der Waals surface area (Å²) in [6, 6.07) is 6.44. The highest BCUT2D eigenvalue weighted by Gasteiger charge is 2.57. The van der Waals surface area contributed by atoms with Crippen LogP contribution in [0.25, 0.3) is 0 Å². The van der Waals surface area contributed by atoms with Gasteiger partial charge in [-0.15, -0.1) is 0 Å². The predicted molar refractivity (Wildman–Crippen MR) is 100 cm³/mol. The zero-order valence-corrected chi connectivity index (χ0v) is 15.8. The number of carbonyl (C=O) groups is 3. The molecule has 0 spiro atoms. The molecule has 1 amide bonds.